The predicted molar refractivity (Wildman–Crippen MR) is 83.4 cm³/mol. The van der Waals surface area contributed by atoms with E-state index in [-0.39, 0.29) is 17.4 Å². The van der Waals surface area contributed by atoms with Crippen molar-refractivity contribution in [2.24, 2.45) is 0 Å². The number of rotatable bonds is 2. The monoisotopic (exact) mass is 287 g/mol. The fourth-order valence-electron chi connectivity index (χ4n) is 3.31. The van der Waals surface area contributed by atoms with Crippen LogP contribution in [0.25, 0.3) is 0 Å². The lowest BCUT2D eigenvalue weighted by Gasteiger charge is -2.29. The molecule has 1 amide bonds. The molecule has 0 spiro atoms. The predicted octanol–water partition coefficient (Wildman–Crippen LogP) is 3.11. The molecule has 1 aliphatic carbocycles. The van der Waals surface area contributed by atoms with Crippen LogP contribution in [0.1, 0.15) is 62.4 Å². The Morgan fingerprint density at radius 2 is 1.86 bits per heavy atom. The highest BCUT2D eigenvalue weighted by Crippen LogP contribution is 2.44. The summed E-state index contributed by atoms with van der Waals surface area (Å²) < 4.78 is 0. The summed E-state index contributed by atoms with van der Waals surface area (Å²) in [6.07, 6.45) is 3.61. The summed E-state index contributed by atoms with van der Waals surface area (Å²) in [5, 5.41) is 10.4. The molecule has 1 unspecified atom stereocenters. The molecular weight excluding hydrogens is 262 g/mol. The standard InChI is InChI=1S/C18H25NO2/c1-17(2,3)14-8-6-13(7-9-14)16(20)19-12-4-5-15(19)18(21)10-11-18/h6-9,15,21H,4-5,10-12H2,1-3H3. The zero-order valence-electron chi connectivity index (χ0n) is 13.2. The first-order valence-corrected chi connectivity index (χ1v) is 7.95. The van der Waals surface area contributed by atoms with Gasteiger partial charge in [0.25, 0.3) is 5.91 Å². The van der Waals surface area contributed by atoms with Crippen LogP contribution < -0.4 is 0 Å². The first kappa shape index (κ1) is 14.6. The lowest BCUT2D eigenvalue weighted by Crippen LogP contribution is -2.44. The molecule has 3 rings (SSSR count). The summed E-state index contributed by atoms with van der Waals surface area (Å²) >= 11 is 0. The maximum absolute atomic E-state index is 12.7. The highest BCUT2D eigenvalue weighted by molar-refractivity contribution is 5.94. The molecule has 0 bridgehead atoms. The van der Waals surface area contributed by atoms with Crippen molar-refractivity contribution in [2.75, 3.05) is 6.54 Å². The Morgan fingerprint density at radius 1 is 1.24 bits per heavy atom. The van der Waals surface area contributed by atoms with Crippen molar-refractivity contribution >= 4 is 5.91 Å². The number of nitrogens with zero attached hydrogens (tertiary/aromatic N) is 1. The fraction of sp³-hybridized carbons (Fsp3) is 0.611. The van der Waals surface area contributed by atoms with Crippen molar-refractivity contribution in [1.29, 1.82) is 0 Å². The molecule has 1 aromatic rings. The molecular formula is C18H25NO2. The van der Waals surface area contributed by atoms with Gasteiger partial charge in [0.1, 0.15) is 0 Å². The van der Waals surface area contributed by atoms with Gasteiger partial charge in [-0.15, -0.1) is 0 Å². The topological polar surface area (TPSA) is 40.5 Å². The van der Waals surface area contributed by atoms with E-state index in [0.717, 1.165) is 37.8 Å². The third kappa shape index (κ3) is 2.71. The van der Waals surface area contributed by atoms with E-state index in [2.05, 4.69) is 20.8 Å². The number of amides is 1. The zero-order valence-corrected chi connectivity index (χ0v) is 13.2. The molecule has 2 aliphatic rings. The van der Waals surface area contributed by atoms with Crippen molar-refractivity contribution in [3.05, 3.63) is 35.4 Å². The highest BCUT2D eigenvalue weighted by atomic mass is 16.3. The van der Waals surface area contributed by atoms with Crippen LogP contribution in [-0.2, 0) is 5.41 Å². The number of aliphatic hydroxyl groups is 1. The molecule has 114 valence electrons. The van der Waals surface area contributed by atoms with E-state index in [1.807, 2.05) is 29.2 Å². The number of hydrogen-bond donors (Lipinski definition) is 1. The molecule has 1 aromatic carbocycles. The Bertz CT molecular complexity index is 537. The molecule has 3 heteroatoms. The van der Waals surface area contributed by atoms with Crippen LogP contribution in [0.15, 0.2) is 24.3 Å². The van der Waals surface area contributed by atoms with Crippen molar-refractivity contribution in [1.82, 2.24) is 4.90 Å². The van der Waals surface area contributed by atoms with Gasteiger partial charge in [-0.2, -0.15) is 0 Å². The van der Waals surface area contributed by atoms with Crippen LogP contribution in [0.4, 0.5) is 0 Å². The zero-order chi connectivity index (χ0) is 15.3. The minimum absolute atomic E-state index is 0.0206. The minimum Gasteiger partial charge on any atom is -0.388 e. The second-order valence-electron chi connectivity index (χ2n) is 7.59. The first-order valence-electron chi connectivity index (χ1n) is 7.95. The summed E-state index contributed by atoms with van der Waals surface area (Å²) in [6, 6.07) is 7.96. The summed E-state index contributed by atoms with van der Waals surface area (Å²) in [5.41, 5.74) is 1.47. The Morgan fingerprint density at radius 3 is 2.38 bits per heavy atom. The van der Waals surface area contributed by atoms with Crippen LogP contribution in [0, 0.1) is 0 Å². The van der Waals surface area contributed by atoms with Crippen molar-refractivity contribution < 1.29 is 9.90 Å². The van der Waals surface area contributed by atoms with Crippen molar-refractivity contribution in [2.45, 2.75) is 63.5 Å². The molecule has 1 atom stereocenters. The highest BCUT2D eigenvalue weighted by Gasteiger charge is 2.52. The number of hydrogen-bond acceptors (Lipinski definition) is 2. The van der Waals surface area contributed by atoms with E-state index in [1.54, 1.807) is 0 Å². The van der Waals surface area contributed by atoms with Crippen molar-refractivity contribution in [3.63, 3.8) is 0 Å². The Kier molecular flexibility index (Phi) is 3.36. The molecule has 1 heterocycles. The third-order valence-corrected chi connectivity index (χ3v) is 4.89. The summed E-state index contributed by atoms with van der Waals surface area (Å²) in [7, 11) is 0. The molecule has 0 aromatic heterocycles. The van der Waals surface area contributed by atoms with Crippen LogP contribution in [0.3, 0.4) is 0 Å². The Labute approximate surface area is 127 Å². The van der Waals surface area contributed by atoms with Gasteiger partial charge in [0, 0.05) is 12.1 Å². The van der Waals surface area contributed by atoms with E-state index < -0.39 is 5.60 Å². The van der Waals surface area contributed by atoms with Gasteiger partial charge in [0.05, 0.1) is 11.6 Å². The molecule has 21 heavy (non-hydrogen) atoms. The number of benzene rings is 1. The fourth-order valence-corrected chi connectivity index (χ4v) is 3.31. The number of likely N-dealkylation sites (tertiary alicyclic amines) is 1. The second kappa shape index (κ2) is 4.84. The summed E-state index contributed by atoms with van der Waals surface area (Å²) in [5.74, 6) is 0.0679. The third-order valence-electron chi connectivity index (χ3n) is 4.89. The average Bonchev–Trinajstić information content (AvgIpc) is 3.00. The van der Waals surface area contributed by atoms with Gasteiger partial charge in [-0.25, -0.2) is 0 Å². The van der Waals surface area contributed by atoms with Gasteiger partial charge >= 0.3 is 0 Å². The van der Waals surface area contributed by atoms with E-state index in [4.69, 9.17) is 0 Å². The molecule has 2 fully saturated rings. The summed E-state index contributed by atoms with van der Waals surface area (Å²) in [4.78, 5) is 14.6. The van der Waals surface area contributed by atoms with E-state index >= 15 is 0 Å². The minimum atomic E-state index is -0.600. The van der Waals surface area contributed by atoms with Gasteiger partial charge < -0.3 is 10.0 Å². The Balaban J connectivity index is 1.79. The van der Waals surface area contributed by atoms with Gasteiger partial charge in [-0.05, 0) is 48.8 Å². The lowest BCUT2D eigenvalue weighted by atomic mass is 9.86. The SMILES string of the molecule is CC(C)(C)c1ccc(C(=O)N2CCCC2C2(O)CC2)cc1. The molecule has 1 aliphatic heterocycles. The van der Waals surface area contributed by atoms with Gasteiger partial charge in [-0.3, -0.25) is 4.79 Å². The van der Waals surface area contributed by atoms with Crippen LogP contribution in [0.2, 0.25) is 0 Å². The maximum atomic E-state index is 12.7. The molecule has 3 nitrogen and oxygen atoms in total. The van der Waals surface area contributed by atoms with E-state index in [9.17, 15) is 9.90 Å². The maximum Gasteiger partial charge on any atom is 0.254 e. The van der Waals surface area contributed by atoms with Crippen LogP contribution >= 0.6 is 0 Å². The first-order chi connectivity index (χ1) is 9.81. The summed E-state index contributed by atoms with van der Waals surface area (Å²) in [6.45, 7) is 7.28. The Hall–Kier alpha value is -1.35. The number of carbonyl (C=O) groups is 1. The lowest BCUT2D eigenvalue weighted by molar-refractivity contribution is 0.0386. The van der Waals surface area contributed by atoms with Crippen LogP contribution in [0.5, 0.6) is 0 Å². The van der Waals surface area contributed by atoms with Crippen molar-refractivity contribution in [3.8, 4) is 0 Å². The van der Waals surface area contributed by atoms with E-state index in [1.165, 1.54) is 5.56 Å². The van der Waals surface area contributed by atoms with Crippen LogP contribution in [-0.4, -0.2) is 34.1 Å². The van der Waals surface area contributed by atoms with Gasteiger partial charge in [0.2, 0.25) is 0 Å². The second-order valence-corrected chi connectivity index (χ2v) is 7.59. The molecule has 1 saturated heterocycles. The average molecular weight is 287 g/mol. The normalized spacial score (nSPS) is 24.2. The van der Waals surface area contributed by atoms with Gasteiger partial charge in [-0.1, -0.05) is 32.9 Å². The quantitative estimate of drug-likeness (QED) is 0.908. The van der Waals surface area contributed by atoms with E-state index in [0.29, 0.717) is 0 Å². The smallest absolute Gasteiger partial charge is 0.254 e. The largest absolute Gasteiger partial charge is 0.388 e. The van der Waals surface area contributed by atoms with Gasteiger partial charge in [0.15, 0.2) is 0 Å². The number of carbonyl (C=O) groups excluding carboxylic acids is 1. The molecule has 1 saturated carbocycles. The molecule has 0 radical (unpaired) electrons. The molecule has 1 N–H and O–H groups in total.